The Morgan fingerprint density at radius 3 is 2.90 bits per heavy atom. The molecule has 1 aromatic carbocycles. The van der Waals surface area contributed by atoms with Gasteiger partial charge in [0.15, 0.2) is 0 Å². The van der Waals surface area contributed by atoms with Crippen molar-refractivity contribution in [3.63, 3.8) is 0 Å². The van der Waals surface area contributed by atoms with E-state index in [9.17, 15) is 8.42 Å². The fraction of sp³-hybridized carbons (Fsp3) is 0.462. The maximum absolute atomic E-state index is 11.6. The highest BCUT2D eigenvalue weighted by molar-refractivity contribution is 7.89. The van der Waals surface area contributed by atoms with Gasteiger partial charge >= 0.3 is 0 Å². The molecule has 0 saturated heterocycles. The van der Waals surface area contributed by atoms with Crippen molar-refractivity contribution in [3.05, 3.63) is 29.3 Å². The number of fused-ring (bicyclic) bond motifs is 1. The molecule has 0 amide bonds. The first-order valence-electron chi connectivity index (χ1n) is 6.29. The Balaban J connectivity index is 2.21. The highest BCUT2D eigenvalue weighted by Crippen LogP contribution is 2.28. The van der Waals surface area contributed by atoms with Crippen molar-refractivity contribution in [2.45, 2.75) is 25.2 Å². The van der Waals surface area contributed by atoms with Crippen LogP contribution < -0.4 is 10.5 Å². The summed E-state index contributed by atoms with van der Waals surface area (Å²) in [5.74, 6) is 0.401. The average molecular weight is 298 g/mol. The van der Waals surface area contributed by atoms with E-state index in [0.717, 1.165) is 6.42 Å². The summed E-state index contributed by atoms with van der Waals surface area (Å²) in [4.78, 5) is 0. The van der Waals surface area contributed by atoms with Gasteiger partial charge in [-0.25, -0.2) is 8.42 Å². The van der Waals surface area contributed by atoms with E-state index < -0.39 is 10.0 Å². The minimum atomic E-state index is -3.51. The molecule has 0 aliphatic carbocycles. The zero-order valence-electron chi connectivity index (χ0n) is 11.5. The van der Waals surface area contributed by atoms with Crippen molar-refractivity contribution in [1.82, 2.24) is 0 Å². The van der Waals surface area contributed by atoms with Gasteiger partial charge in [-0.3, -0.25) is 0 Å². The highest BCUT2D eigenvalue weighted by atomic mass is 32.2. The molecule has 110 valence electrons. The molecule has 2 N–H and O–H groups in total. The van der Waals surface area contributed by atoms with Gasteiger partial charge in [0.2, 0.25) is 0 Å². The predicted molar refractivity (Wildman–Crippen MR) is 76.4 cm³/mol. The Kier molecular flexibility index (Phi) is 4.29. The van der Waals surface area contributed by atoms with E-state index >= 15 is 0 Å². The Hall–Kier alpha value is -1.60. The number of methoxy groups -OCH3 is 1. The quantitative estimate of drug-likeness (QED) is 0.877. The maximum atomic E-state index is 11.6. The molecule has 20 heavy (non-hydrogen) atoms. The number of nitrogens with two attached hydrogens (primary N) is 1. The second-order valence-corrected chi connectivity index (χ2v) is 6.31. The molecule has 1 aromatic rings. The lowest BCUT2D eigenvalue weighted by Crippen LogP contribution is -2.25. The monoisotopic (exact) mass is 298 g/mol. The summed E-state index contributed by atoms with van der Waals surface area (Å²) >= 11 is 0. The zero-order chi connectivity index (χ0) is 14.8. The summed E-state index contributed by atoms with van der Waals surface area (Å²) in [7, 11) is -1.87. The van der Waals surface area contributed by atoms with E-state index in [0.29, 0.717) is 23.5 Å². The standard InChI is InChI=1S/C13H18N2O4S/c1-9(18-2)6-7-19-11-5-3-4-10-8-20(16,17)15-13(14)12(10)11/h3-5,9H,6-8H2,1-2H3,(H2,14,15). The number of hydrogen-bond donors (Lipinski definition) is 1. The third-order valence-electron chi connectivity index (χ3n) is 3.13. The van der Waals surface area contributed by atoms with Gasteiger partial charge in [0.25, 0.3) is 10.0 Å². The number of sulfonamides is 1. The molecule has 1 heterocycles. The molecule has 2 rings (SSSR count). The third-order valence-corrected chi connectivity index (χ3v) is 4.28. The van der Waals surface area contributed by atoms with Crippen molar-refractivity contribution < 1.29 is 17.9 Å². The maximum Gasteiger partial charge on any atom is 0.259 e. The minimum absolute atomic E-state index is 0.0124. The van der Waals surface area contributed by atoms with Gasteiger partial charge in [-0.2, -0.15) is 0 Å². The molecule has 0 spiro atoms. The first-order valence-corrected chi connectivity index (χ1v) is 7.90. The van der Waals surface area contributed by atoms with Gasteiger partial charge in [0.05, 0.1) is 24.0 Å². The van der Waals surface area contributed by atoms with Crippen LogP contribution in [0.5, 0.6) is 5.75 Å². The normalized spacial score (nSPS) is 18.0. The molecular weight excluding hydrogens is 280 g/mol. The fourth-order valence-electron chi connectivity index (χ4n) is 1.98. The van der Waals surface area contributed by atoms with Crippen LogP contribution in [0.1, 0.15) is 24.5 Å². The van der Waals surface area contributed by atoms with Gasteiger partial charge in [-0.05, 0) is 18.6 Å². The third kappa shape index (κ3) is 3.29. The van der Waals surface area contributed by atoms with E-state index in [1.54, 1.807) is 25.3 Å². The van der Waals surface area contributed by atoms with Crippen LogP contribution in [0.4, 0.5) is 0 Å². The Bertz CT molecular complexity index is 625. The van der Waals surface area contributed by atoms with Gasteiger partial charge in [-0.15, -0.1) is 4.40 Å². The van der Waals surface area contributed by atoms with Gasteiger partial charge < -0.3 is 15.2 Å². The van der Waals surface area contributed by atoms with E-state index in [1.807, 2.05) is 6.92 Å². The molecule has 1 atom stereocenters. The number of hydrogen-bond acceptors (Lipinski definition) is 5. The molecule has 1 aliphatic heterocycles. The van der Waals surface area contributed by atoms with Crippen LogP contribution >= 0.6 is 0 Å². The van der Waals surface area contributed by atoms with E-state index in [4.69, 9.17) is 15.2 Å². The van der Waals surface area contributed by atoms with Crippen molar-refractivity contribution in [2.75, 3.05) is 13.7 Å². The minimum Gasteiger partial charge on any atom is -0.493 e. The number of rotatable bonds is 5. The lowest BCUT2D eigenvalue weighted by molar-refractivity contribution is 0.0955. The molecular formula is C13H18N2O4S. The van der Waals surface area contributed by atoms with Crippen LogP contribution in [0.25, 0.3) is 0 Å². The Labute approximate surface area is 118 Å². The highest BCUT2D eigenvalue weighted by Gasteiger charge is 2.25. The SMILES string of the molecule is COC(C)CCOc1cccc2c1C(N)=NS(=O)(=O)C2. The van der Waals surface area contributed by atoms with Crippen molar-refractivity contribution >= 4 is 15.9 Å². The fourth-order valence-corrected chi connectivity index (χ4v) is 3.07. The smallest absolute Gasteiger partial charge is 0.259 e. The topological polar surface area (TPSA) is 91.0 Å². The van der Waals surface area contributed by atoms with Crippen LogP contribution in [0.15, 0.2) is 22.6 Å². The molecule has 6 nitrogen and oxygen atoms in total. The summed E-state index contributed by atoms with van der Waals surface area (Å²) in [6.07, 6.45) is 0.830. The predicted octanol–water partition coefficient (Wildman–Crippen LogP) is 1.04. The number of nitrogens with zero attached hydrogens (tertiary/aromatic N) is 1. The Morgan fingerprint density at radius 1 is 1.45 bits per heavy atom. The van der Waals surface area contributed by atoms with Crippen LogP contribution in [-0.2, 0) is 20.5 Å². The lowest BCUT2D eigenvalue weighted by atomic mass is 10.1. The van der Waals surface area contributed by atoms with Gasteiger partial charge in [-0.1, -0.05) is 12.1 Å². The lowest BCUT2D eigenvalue weighted by Gasteiger charge is -2.18. The summed E-state index contributed by atoms with van der Waals surface area (Å²) in [6, 6.07) is 5.23. The van der Waals surface area contributed by atoms with Crippen LogP contribution in [-0.4, -0.2) is 34.1 Å². The second kappa shape index (κ2) is 5.80. The largest absolute Gasteiger partial charge is 0.493 e. The van der Waals surface area contributed by atoms with Gasteiger partial charge in [0, 0.05) is 13.5 Å². The number of amidine groups is 1. The molecule has 0 saturated carbocycles. The van der Waals surface area contributed by atoms with Crippen LogP contribution in [0.3, 0.4) is 0 Å². The summed E-state index contributed by atoms with van der Waals surface area (Å²) in [5, 5.41) is 0. The molecule has 0 radical (unpaired) electrons. The molecule has 1 aliphatic rings. The summed E-state index contributed by atoms with van der Waals surface area (Å²) in [5.41, 5.74) is 6.94. The van der Waals surface area contributed by atoms with Crippen molar-refractivity contribution in [2.24, 2.45) is 10.1 Å². The van der Waals surface area contributed by atoms with Crippen LogP contribution in [0, 0.1) is 0 Å². The van der Waals surface area contributed by atoms with Gasteiger partial charge in [0.1, 0.15) is 11.6 Å². The molecule has 1 unspecified atom stereocenters. The number of ether oxygens (including phenoxy) is 2. The molecule has 0 bridgehead atoms. The Morgan fingerprint density at radius 2 is 2.20 bits per heavy atom. The average Bonchev–Trinajstić information content (AvgIpc) is 2.36. The van der Waals surface area contributed by atoms with E-state index in [1.165, 1.54) is 0 Å². The van der Waals surface area contributed by atoms with Crippen molar-refractivity contribution in [3.8, 4) is 5.75 Å². The molecule has 7 heteroatoms. The summed E-state index contributed by atoms with van der Waals surface area (Å²) < 4.78 is 37.5. The molecule has 0 fully saturated rings. The second-order valence-electron chi connectivity index (χ2n) is 4.68. The zero-order valence-corrected chi connectivity index (χ0v) is 12.3. The first kappa shape index (κ1) is 14.8. The van der Waals surface area contributed by atoms with Crippen LogP contribution in [0.2, 0.25) is 0 Å². The first-order chi connectivity index (χ1) is 9.43. The number of benzene rings is 1. The van der Waals surface area contributed by atoms with E-state index in [2.05, 4.69) is 4.40 Å². The summed E-state index contributed by atoms with van der Waals surface area (Å²) in [6.45, 7) is 2.41. The van der Waals surface area contributed by atoms with Crippen molar-refractivity contribution in [1.29, 1.82) is 0 Å². The van der Waals surface area contributed by atoms with E-state index in [-0.39, 0.29) is 17.7 Å². The molecule has 0 aromatic heterocycles.